The van der Waals surface area contributed by atoms with E-state index in [0.717, 1.165) is 25.7 Å². The van der Waals surface area contributed by atoms with Gasteiger partial charge in [0.1, 0.15) is 0 Å². The van der Waals surface area contributed by atoms with E-state index in [1.54, 1.807) is 0 Å². The van der Waals surface area contributed by atoms with Crippen molar-refractivity contribution in [3.05, 3.63) is 0 Å². The minimum atomic E-state index is -4.42. The molecule has 1 unspecified atom stereocenters. The fourth-order valence-corrected chi connectivity index (χ4v) is 2.34. The highest BCUT2D eigenvalue weighted by molar-refractivity contribution is 4.91. The zero-order valence-corrected chi connectivity index (χ0v) is 10.1. The highest BCUT2D eigenvalue weighted by atomic mass is 19.4. The van der Waals surface area contributed by atoms with Crippen molar-refractivity contribution in [3.63, 3.8) is 0 Å². The molecular weight excluding hydrogens is 229 g/mol. The van der Waals surface area contributed by atoms with Gasteiger partial charge in [0, 0.05) is 12.6 Å². The first kappa shape index (κ1) is 14.3. The van der Waals surface area contributed by atoms with Crippen molar-refractivity contribution in [1.29, 1.82) is 5.26 Å². The molecule has 5 heteroatoms. The predicted molar refractivity (Wildman–Crippen MR) is 59.2 cm³/mol. The molecule has 98 valence electrons. The van der Waals surface area contributed by atoms with Crippen molar-refractivity contribution in [2.75, 3.05) is 6.54 Å². The second-order valence-electron chi connectivity index (χ2n) is 4.82. The third-order valence-corrected chi connectivity index (χ3v) is 3.55. The van der Waals surface area contributed by atoms with Crippen LogP contribution in [0.3, 0.4) is 0 Å². The molecule has 1 rings (SSSR count). The normalized spacial score (nSPS) is 21.8. The van der Waals surface area contributed by atoms with Crippen molar-refractivity contribution >= 4 is 0 Å². The van der Waals surface area contributed by atoms with Gasteiger partial charge < -0.3 is 5.32 Å². The van der Waals surface area contributed by atoms with E-state index in [-0.39, 0.29) is 12.6 Å². The van der Waals surface area contributed by atoms with Crippen LogP contribution in [-0.2, 0) is 0 Å². The Morgan fingerprint density at radius 2 is 1.88 bits per heavy atom. The van der Waals surface area contributed by atoms with Gasteiger partial charge in [-0.05, 0) is 25.7 Å². The number of hydrogen-bond acceptors (Lipinski definition) is 2. The molecular formula is C12H19F3N2. The zero-order chi connectivity index (χ0) is 12.9. The molecule has 0 aliphatic heterocycles. The van der Waals surface area contributed by atoms with Crippen molar-refractivity contribution < 1.29 is 13.2 Å². The smallest absolute Gasteiger partial charge is 0.312 e. The van der Waals surface area contributed by atoms with Crippen molar-refractivity contribution in [2.24, 2.45) is 11.8 Å². The van der Waals surface area contributed by atoms with E-state index in [0.29, 0.717) is 5.92 Å². The predicted octanol–water partition coefficient (Wildman–Crippen LogP) is 3.25. The van der Waals surface area contributed by atoms with Gasteiger partial charge in [0.25, 0.3) is 0 Å². The SMILES string of the molecule is C[C@@H](NCC(C#N)C(F)(F)F)C1CCCCC1. The van der Waals surface area contributed by atoms with Crippen molar-refractivity contribution in [1.82, 2.24) is 5.32 Å². The van der Waals surface area contributed by atoms with Gasteiger partial charge in [-0.3, -0.25) is 0 Å². The summed E-state index contributed by atoms with van der Waals surface area (Å²) in [5, 5.41) is 11.3. The number of nitrogens with zero attached hydrogens (tertiary/aromatic N) is 1. The van der Waals surface area contributed by atoms with Crippen LogP contribution in [0.25, 0.3) is 0 Å². The van der Waals surface area contributed by atoms with E-state index >= 15 is 0 Å². The monoisotopic (exact) mass is 248 g/mol. The van der Waals surface area contributed by atoms with E-state index in [9.17, 15) is 13.2 Å². The molecule has 0 heterocycles. The Kier molecular flexibility index (Phi) is 5.26. The van der Waals surface area contributed by atoms with Crippen LogP contribution in [0.4, 0.5) is 13.2 Å². The Bertz CT molecular complexity index is 264. The first-order valence-corrected chi connectivity index (χ1v) is 6.15. The lowest BCUT2D eigenvalue weighted by atomic mass is 9.84. The molecule has 1 fully saturated rings. The van der Waals surface area contributed by atoms with Crippen LogP contribution >= 0.6 is 0 Å². The zero-order valence-electron chi connectivity index (χ0n) is 10.1. The Hall–Kier alpha value is -0.760. The molecule has 1 N–H and O–H groups in total. The Labute approximate surface area is 100 Å². The third-order valence-electron chi connectivity index (χ3n) is 3.55. The maximum absolute atomic E-state index is 12.4. The summed E-state index contributed by atoms with van der Waals surface area (Å²) in [5.41, 5.74) is 0. The highest BCUT2D eigenvalue weighted by Gasteiger charge is 2.40. The van der Waals surface area contributed by atoms with E-state index in [2.05, 4.69) is 5.32 Å². The van der Waals surface area contributed by atoms with E-state index in [4.69, 9.17) is 5.26 Å². The molecule has 2 nitrogen and oxygen atoms in total. The van der Waals surface area contributed by atoms with Crippen molar-refractivity contribution in [2.45, 2.75) is 51.2 Å². The van der Waals surface area contributed by atoms with Gasteiger partial charge in [-0.25, -0.2) is 0 Å². The largest absolute Gasteiger partial charge is 0.405 e. The van der Waals surface area contributed by atoms with Gasteiger partial charge in [0.15, 0.2) is 5.92 Å². The minimum absolute atomic E-state index is 0.0634. The number of nitrogens with one attached hydrogen (secondary N) is 1. The summed E-state index contributed by atoms with van der Waals surface area (Å²) in [6, 6.07) is 1.38. The van der Waals surface area contributed by atoms with Gasteiger partial charge in [-0.15, -0.1) is 0 Å². The minimum Gasteiger partial charge on any atom is -0.312 e. The molecule has 0 bridgehead atoms. The lowest BCUT2D eigenvalue weighted by Crippen LogP contribution is -2.40. The summed E-state index contributed by atoms with van der Waals surface area (Å²) in [7, 11) is 0. The number of halogens is 3. The maximum Gasteiger partial charge on any atom is 0.405 e. The highest BCUT2D eigenvalue weighted by Crippen LogP contribution is 2.28. The first-order chi connectivity index (χ1) is 7.95. The summed E-state index contributed by atoms with van der Waals surface area (Å²) in [4.78, 5) is 0. The average molecular weight is 248 g/mol. The van der Waals surface area contributed by atoms with E-state index in [1.165, 1.54) is 12.5 Å². The first-order valence-electron chi connectivity index (χ1n) is 6.15. The quantitative estimate of drug-likeness (QED) is 0.829. The van der Waals surface area contributed by atoms with Gasteiger partial charge in [-0.2, -0.15) is 18.4 Å². The second-order valence-corrected chi connectivity index (χ2v) is 4.82. The lowest BCUT2D eigenvalue weighted by Gasteiger charge is -2.29. The molecule has 0 spiro atoms. The van der Waals surface area contributed by atoms with Crippen LogP contribution < -0.4 is 5.32 Å². The van der Waals surface area contributed by atoms with Gasteiger partial charge in [0.2, 0.25) is 0 Å². The lowest BCUT2D eigenvalue weighted by molar-refractivity contribution is -0.158. The molecule has 0 aromatic heterocycles. The summed E-state index contributed by atoms with van der Waals surface area (Å²) in [6.45, 7) is 1.62. The van der Waals surface area contributed by atoms with Crippen LogP contribution in [0.2, 0.25) is 0 Å². The maximum atomic E-state index is 12.4. The number of nitriles is 1. The van der Waals surface area contributed by atoms with Gasteiger partial charge in [0.05, 0.1) is 6.07 Å². The molecule has 1 saturated carbocycles. The fourth-order valence-electron chi connectivity index (χ4n) is 2.34. The number of hydrogen-bond donors (Lipinski definition) is 1. The average Bonchev–Trinajstić information content (AvgIpc) is 2.29. The van der Waals surface area contributed by atoms with Crippen LogP contribution in [0.5, 0.6) is 0 Å². The second kappa shape index (κ2) is 6.25. The summed E-state index contributed by atoms with van der Waals surface area (Å²) >= 11 is 0. The Morgan fingerprint density at radius 1 is 1.29 bits per heavy atom. The summed E-state index contributed by atoms with van der Waals surface area (Å²) in [5.74, 6) is -1.44. The summed E-state index contributed by atoms with van der Waals surface area (Å²) < 4.78 is 37.1. The topological polar surface area (TPSA) is 35.8 Å². The van der Waals surface area contributed by atoms with E-state index < -0.39 is 12.1 Å². The van der Waals surface area contributed by atoms with Gasteiger partial charge in [-0.1, -0.05) is 19.3 Å². The molecule has 17 heavy (non-hydrogen) atoms. The Balaban J connectivity index is 2.36. The Morgan fingerprint density at radius 3 is 2.35 bits per heavy atom. The van der Waals surface area contributed by atoms with Crippen LogP contribution in [0, 0.1) is 23.2 Å². The molecule has 0 aromatic carbocycles. The van der Waals surface area contributed by atoms with Crippen molar-refractivity contribution in [3.8, 4) is 6.07 Å². The molecule has 0 radical (unpaired) electrons. The third kappa shape index (κ3) is 4.55. The van der Waals surface area contributed by atoms with Gasteiger partial charge >= 0.3 is 6.18 Å². The van der Waals surface area contributed by atoms with E-state index in [1.807, 2.05) is 6.92 Å². The molecule has 0 saturated heterocycles. The standard InChI is InChI=1S/C12H19F3N2/c1-9(10-5-3-2-4-6-10)17-8-11(7-16)12(13,14)15/h9-11,17H,2-6,8H2,1H3/t9-,11?/m1/s1. The molecule has 1 aliphatic carbocycles. The molecule has 0 amide bonds. The van der Waals surface area contributed by atoms with Crippen LogP contribution in [0.15, 0.2) is 0 Å². The molecule has 0 aromatic rings. The van der Waals surface area contributed by atoms with Crippen LogP contribution in [-0.4, -0.2) is 18.8 Å². The number of rotatable bonds is 4. The fraction of sp³-hybridized carbons (Fsp3) is 0.917. The summed E-state index contributed by atoms with van der Waals surface area (Å²) in [6.07, 6.45) is 1.30. The number of alkyl halides is 3. The molecule has 1 aliphatic rings. The van der Waals surface area contributed by atoms with Crippen LogP contribution in [0.1, 0.15) is 39.0 Å². The molecule has 2 atom stereocenters.